The zero-order valence-electron chi connectivity index (χ0n) is 23.0. The van der Waals surface area contributed by atoms with Gasteiger partial charge in [0.2, 0.25) is 5.91 Å². The van der Waals surface area contributed by atoms with Gasteiger partial charge in [0.1, 0.15) is 18.4 Å². The maximum absolute atomic E-state index is 13.9. The third kappa shape index (κ3) is 6.05. The molecule has 3 aliphatic rings. The van der Waals surface area contributed by atoms with E-state index in [1.807, 2.05) is 74.5 Å². The van der Waals surface area contributed by atoms with Crippen LogP contribution in [0.3, 0.4) is 0 Å². The van der Waals surface area contributed by atoms with Gasteiger partial charge in [0.05, 0.1) is 19.3 Å². The summed E-state index contributed by atoms with van der Waals surface area (Å²) < 4.78 is 11.6. The minimum absolute atomic E-state index is 0.0990. The number of nitrogens with one attached hydrogen (secondary N) is 1. The highest BCUT2D eigenvalue weighted by Gasteiger charge is 2.37. The van der Waals surface area contributed by atoms with Crippen molar-refractivity contribution in [1.82, 2.24) is 10.2 Å². The van der Waals surface area contributed by atoms with Crippen LogP contribution in [0.4, 0.5) is 4.79 Å². The minimum Gasteiger partial charge on any atom is -0.490 e. The quantitative estimate of drug-likeness (QED) is 0.427. The molecule has 1 aliphatic carbocycles. The summed E-state index contributed by atoms with van der Waals surface area (Å²) in [5.74, 6) is 0.300. The van der Waals surface area contributed by atoms with E-state index in [1.165, 1.54) is 4.90 Å². The smallest absolute Gasteiger partial charge is 0.408 e. The summed E-state index contributed by atoms with van der Waals surface area (Å²) in [6.45, 7) is 5.35. The van der Waals surface area contributed by atoms with Gasteiger partial charge in [0.25, 0.3) is 0 Å². The van der Waals surface area contributed by atoms with Gasteiger partial charge in [-0.15, -0.1) is 0 Å². The van der Waals surface area contributed by atoms with Crippen LogP contribution in [0, 0.1) is 5.92 Å². The van der Waals surface area contributed by atoms with Crippen LogP contribution in [0.15, 0.2) is 84.9 Å². The topological polar surface area (TPSA) is 88.1 Å². The Morgan fingerprint density at radius 3 is 2.20 bits per heavy atom. The lowest BCUT2D eigenvalue weighted by molar-refractivity contribution is -0.127. The van der Waals surface area contributed by atoms with Gasteiger partial charge in [0.15, 0.2) is 0 Å². The maximum Gasteiger partial charge on any atom is 0.408 e. The lowest BCUT2D eigenvalue weighted by Crippen LogP contribution is -2.55. The maximum atomic E-state index is 13.9. The lowest BCUT2D eigenvalue weighted by atomic mass is 9.94. The van der Waals surface area contributed by atoms with Crippen molar-refractivity contribution in [2.75, 3.05) is 26.4 Å². The number of amides is 2. The van der Waals surface area contributed by atoms with Crippen molar-refractivity contribution in [3.63, 3.8) is 0 Å². The van der Waals surface area contributed by atoms with Gasteiger partial charge < -0.3 is 19.9 Å². The van der Waals surface area contributed by atoms with E-state index in [0.29, 0.717) is 25.6 Å². The van der Waals surface area contributed by atoms with E-state index < -0.39 is 12.1 Å². The molecule has 0 radical (unpaired) electrons. The zero-order chi connectivity index (χ0) is 28.1. The summed E-state index contributed by atoms with van der Waals surface area (Å²) in [6.07, 6.45) is 2.91. The molecule has 2 heterocycles. The Kier molecular flexibility index (Phi) is 8.51. The van der Waals surface area contributed by atoms with E-state index in [9.17, 15) is 14.7 Å². The second-order valence-electron chi connectivity index (χ2n) is 10.7. The van der Waals surface area contributed by atoms with Gasteiger partial charge in [0, 0.05) is 18.9 Å². The molecular formula is C33H36N2O5. The molecule has 0 fully saturated rings. The first-order chi connectivity index (χ1) is 19.4. The molecule has 7 nitrogen and oxygen atoms in total. The van der Waals surface area contributed by atoms with Crippen LogP contribution in [-0.4, -0.2) is 60.5 Å². The highest BCUT2D eigenvalue weighted by molar-refractivity contribution is 5.86. The predicted molar refractivity (Wildman–Crippen MR) is 155 cm³/mol. The van der Waals surface area contributed by atoms with Crippen molar-refractivity contribution in [3.05, 3.63) is 102 Å². The van der Waals surface area contributed by atoms with Crippen molar-refractivity contribution < 1.29 is 24.2 Å². The van der Waals surface area contributed by atoms with Crippen LogP contribution in [0.1, 0.15) is 36.5 Å². The predicted octanol–water partition coefficient (Wildman–Crippen LogP) is 5.50. The number of rotatable bonds is 4. The summed E-state index contributed by atoms with van der Waals surface area (Å²) in [5.41, 5.74) is 5.22. The third-order valence-corrected chi connectivity index (χ3v) is 7.78. The van der Waals surface area contributed by atoms with E-state index in [4.69, 9.17) is 9.47 Å². The van der Waals surface area contributed by atoms with Crippen molar-refractivity contribution in [3.8, 4) is 16.9 Å². The Morgan fingerprint density at radius 2 is 1.57 bits per heavy atom. The van der Waals surface area contributed by atoms with Crippen LogP contribution in [0.25, 0.3) is 11.1 Å². The lowest BCUT2D eigenvalue weighted by Gasteiger charge is -2.33. The van der Waals surface area contributed by atoms with E-state index in [2.05, 4.69) is 29.6 Å². The third-order valence-electron chi connectivity index (χ3n) is 7.78. The number of carboxylic acid groups (broad SMARTS) is 1. The molecule has 40 heavy (non-hydrogen) atoms. The summed E-state index contributed by atoms with van der Waals surface area (Å²) in [5, 5.41) is 13.6. The van der Waals surface area contributed by atoms with Gasteiger partial charge in [-0.3, -0.25) is 9.69 Å². The number of carbonyl (C=O) groups is 2. The van der Waals surface area contributed by atoms with Gasteiger partial charge in [-0.25, -0.2) is 4.79 Å². The number of ether oxygens (including phenoxy) is 2. The first kappa shape index (κ1) is 27.5. The number of nitrogens with zero attached hydrogens (tertiary/aromatic N) is 1. The Balaban J connectivity index is 1.50. The van der Waals surface area contributed by atoms with E-state index in [-0.39, 0.29) is 36.8 Å². The molecule has 0 spiro atoms. The summed E-state index contributed by atoms with van der Waals surface area (Å²) in [7, 11) is 0. The van der Waals surface area contributed by atoms with Crippen molar-refractivity contribution >= 4 is 12.0 Å². The SMILES string of the molecule is CC(C)[C@H]1COC/C=C/COc2ccc(cc2)C[C@@H](N(CC2c3ccccc3-c3ccccc32)C(=O)O)C(=O)N1. The highest BCUT2D eigenvalue weighted by atomic mass is 16.5. The molecule has 0 aromatic heterocycles. The average Bonchev–Trinajstić information content (AvgIpc) is 3.27. The normalized spacial score (nSPS) is 20.3. The molecule has 2 aliphatic heterocycles. The average molecular weight is 541 g/mol. The first-order valence-corrected chi connectivity index (χ1v) is 13.8. The molecule has 0 saturated carbocycles. The Labute approximate surface area is 235 Å². The van der Waals surface area contributed by atoms with E-state index in [0.717, 1.165) is 27.8 Å². The van der Waals surface area contributed by atoms with Gasteiger partial charge >= 0.3 is 6.09 Å². The number of benzene rings is 3. The Hall–Kier alpha value is -4.10. The standard InChI is InChI=1S/C33H36N2O5/c1-22(2)30-21-39-17-7-8-18-40-24-15-13-23(14-16-24)19-31(32(36)34-30)35(33(37)38)20-29-27-11-5-3-9-25(27)26-10-4-6-12-28(26)29/h3-16,22,29-31H,17-21H2,1-2H3,(H,34,36)(H,37,38)/b8-7+/t30-,31-/m1/s1. The first-order valence-electron chi connectivity index (χ1n) is 13.8. The number of hydrogen-bond donors (Lipinski definition) is 2. The molecule has 2 atom stereocenters. The summed E-state index contributed by atoms with van der Waals surface area (Å²) >= 11 is 0. The van der Waals surface area contributed by atoms with E-state index >= 15 is 0 Å². The fourth-order valence-electron chi connectivity index (χ4n) is 5.50. The second-order valence-corrected chi connectivity index (χ2v) is 10.7. The molecule has 2 amide bonds. The van der Waals surface area contributed by atoms with Crippen LogP contribution in [-0.2, 0) is 16.0 Å². The highest BCUT2D eigenvalue weighted by Crippen LogP contribution is 2.45. The molecule has 3 aromatic carbocycles. The van der Waals surface area contributed by atoms with E-state index in [1.54, 1.807) is 0 Å². The van der Waals surface area contributed by atoms with Crippen molar-refractivity contribution in [1.29, 1.82) is 0 Å². The van der Waals surface area contributed by atoms with Crippen LogP contribution in [0.2, 0.25) is 0 Å². The number of hydrogen-bond acceptors (Lipinski definition) is 4. The largest absolute Gasteiger partial charge is 0.490 e. The molecule has 2 N–H and O–H groups in total. The van der Waals surface area contributed by atoms with Crippen LogP contribution < -0.4 is 10.1 Å². The Bertz CT molecular complexity index is 1320. The molecule has 6 rings (SSSR count). The molecule has 2 bridgehead atoms. The number of fused-ring (bicyclic) bond motifs is 15. The summed E-state index contributed by atoms with van der Waals surface area (Å²) in [6, 6.07) is 22.5. The molecule has 0 unspecified atom stereocenters. The van der Waals surface area contributed by atoms with Crippen LogP contribution >= 0.6 is 0 Å². The Morgan fingerprint density at radius 1 is 0.950 bits per heavy atom. The van der Waals surface area contributed by atoms with Gasteiger partial charge in [-0.05, 0) is 51.9 Å². The van der Waals surface area contributed by atoms with Crippen LogP contribution in [0.5, 0.6) is 5.75 Å². The summed E-state index contributed by atoms with van der Waals surface area (Å²) in [4.78, 5) is 28.1. The minimum atomic E-state index is -1.13. The molecule has 208 valence electrons. The fraction of sp³-hybridized carbons (Fsp3) is 0.333. The van der Waals surface area contributed by atoms with Crippen molar-refractivity contribution in [2.24, 2.45) is 5.92 Å². The van der Waals surface area contributed by atoms with Gasteiger partial charge in [-0.1, -0.05) is 80.6 Å². The van der Waals surface area contributed by atoms with Crippen molar-refractivity contribution in [2.45, 2.75) is 38.3 Å². The monoisotopic (exact) mass is 540 g/mol. The second kappa shape index (κ2) is 12.4. The number of carbonyl (C=O) groups excluding carboxylic acids is 1. The molecule has 0 saturated heterocycles. The fourth-order valence-corrected chi connectivity index (χ4v) is 5.50. The molecule has 7 heteroatoms. The molecular weight excluding hydrogens is 504 g/mol. The zero-order valence-corrected chi connectivity index (χ0v) is 23.0. The molecule has 3 aromatic rings. The van der Waals surface area contributed by atoms with Gasteiger partial charge in [-0.2, -0.15) is 0 Å².